The summed E-state index contributed by atoms with van der Waals surface area (Å²) >= 11 is 0. The van der Waals surface area contributed by atoms with Crippen molar-refractivity contribution in [1.29, 1.82) is 0 Å². The van der Waals surface area contributed by atoms with Crippen molar-refractivity contribution in [3.63, 3.8) is 0 Å². The molecule has 3 aliphatic rings. The Hall–Kier alpha value is -1.83. The molecular formula is C20H34N4O4. The first-order chi connectivity index (χ1) is 13.5. The van der Waals surface area contributed by atoms with Gasteiger partial charge in [-0.2, -0.15) is 0 Å². The molecule has 28 heavy (non-hydrogen) atoms. The van der Waals surface area contributed by atoms with Gasteiger partial charge in [0, 0.05) is 37.1 Å². The smallest absolute Gasteiger partial charge is 0.317 e. The van der Waals surface area contributed by atoms with Crippen LogP contribution >= 0.6 is 0 Å². The number of nitrogens with one attached hydrogen (secondary N) is 2. The third-order valence-electron chi connectivity index (χ3n) is 6.49. The van der Waals surface area contributed by atoms with Crippen molar-refractivity contribution in [1.82, 2.24) is 20.4 Å². The van der Waals surface area contributed by atoms with Gasteiger partial charge in [0.05, 0.1) is 6.54 Å². The quantitative estimate of drug-likeness (QED) is 0.606. The second-order valence-electron chi connectivity index (χ2n) is 8.49. The number of likely N-dealkylation sites (N-methyl/N-ethyl adjacent to an activating group) is 1. The van der Waals surface area contributed by atoms with Crippen molar-refractivity contribution in [3.05, 3.63) is 0 Å². The molecule has 2 aliphatic carbocycles. The van der Waals surface area contributed by atoms with E-state index in [1.165, 1.54) is 6.42 Å². The fraction of sp³-hybridized carbons (Fsp3) is 0.850. The number of rotatable bonds is 7. The van der Waals surface area contributed by atoms with Gasteiger partial charge >= 0.3 is 12.0 Å². The molecule has 2 saturated carbocycles. The molecule has 3 amide bonds. The molecule has 0 bridgehead atoms. The number of carbonyl (C=O) groups excluding carboxylic acids is 2. The summed E-state index contributed by atoms with van der Waals surface area (Å²) in [5.41, 5.74) is 0. The molecule has 8 nitrogen and oxygen atoms in total. The first-order valence-electron chi connectivity index (χ1n) is 10.8. The van der Waals surface area contributed by atoms with Crippen LogP contribution in [0.25, 0.3) is 0 Å². The van der Waals surface area contributed by atoms with Crippen LogP contribution in [-0.2, 0) is 9.59 Å². The number of amides is 3. The Kier molecular flexibility index (Phi) is 7.15. The van der Waals surface area contributed by atoms with Gasteiger partial charge in [-0.3, -0.25) is 14.5 Å². The zero-order valence-corrected chi connectivity index (χ0v) is 16.9. The van der Waals surface area contributed by atoms with Crippen LogP contribution in [0.4, 0.5) is 4.79 Å². The molecule has 0 aromatic carbocycles. The lowest BCUT2D eigenvalue weighted by Crippen LogP contribution is -2.57. The van der Waals surface area contributed by atoms with Crippen molar-refractivity contribution in [2.45, 2.75) is 76.4 Å². The molecule has 0 spiro atoms. The highest BCUT2D eigenvalue weighted by atomic mass is 16.4. The van der Waals surface area contributed by atoms with Crippen LogP contribution in [0.5, 0.6) is 0 Å². The van der Waals surface area contributed by atoms with Crippen LogP contribution in [0.2, 0.25) is 0 Å². The number of hydrogen-bond donors (Lipinski definition) is 3. The second-order valence-corrected chi connectivity index (χ2v) is 8.49. The molecule has 0 radical (unpaired) electrons. The van der Waals surface area contributed by atoms with Gasteiger partial charge in [-0.05, 0) is 57.9 Å². The molecule has 3 fully saturated rings. The Morgan fingerprint density at radius 1 is 1.00 bits per heavy atom. The number of carbonyl (C=O) groups is 3. The van der Waals surface area contributed by atoms with E-state index in [-0.39, 0.29) is 42.5 Å². The van der Waals surface area contributed by atoms with E-state index < -0.39 is 5.97 Å². The average molecular weight is 395 g/mol. The molecule has 0 aromatic heterocycles. The largest absolute Gasteiger partial charge is 0.480 e. The fourth-order valence-corrected chi connectivity index (χ4v) is 4.80. The van der Waals surface area contributed by atoms with Gasteiger partial charge in [0.1, 0.15) is 0 Å². The van der Waals surface area contributed by atoms with Gasteiger partial charge in [0.15, 0.2) is 0 Å². The predicted molar refractivity (Wildman–Crippen MR) is 105 cm³/mol. The molecule has 158 valence electrons. The normalized spacial score (nSPS) is 30.0. The molecule has 3 rings (SSSR count). The van der Waals surface area contributed by atoms with E-state index >= 15 is 0 Å². The Bertz CT molecular complexity index is 573. The van der Waals surface area contributed by atoms with Gasteiger partial charge < -0.3 is 20.6 Å². The van der Waals surface area contributed by atoms with Crippen molar-refractivity contribution in [2.24, 2.45) is 5.92 Å². The lowest BCUT2D eigenvalue weighted by Gasteiger charge is -2.42. The van der Waals surface area contributed by atoms with Crippen molar-refractivity contribution in [2.75, 3.05) is 26.2 Å². The number of aliphatic carboxylic acids is 1. The van der Waals surface area contributed by atoms with Gasteiger partial charge in [0.25, 0.3) is 0 Å². The Morgan fingerprint density at radius 2 is 1.68 bits per heavy atom. The summed E-state index contributed by atoms with van der Waals surface area (Å²) in [4.78, 5) is 39.7. The van der Waals surface area contributed by atoms with Crippen LogP contribution in [0.15, 0.2) is 0 Å². The monoisotopic (exact) mass is 394 g/mol. The maximum Gasteiger partial charge on any atom is 0.317 e. The zero-order valence-electron chi connectivity index (χ0n) is 16.9. The number of nitrogens with zero attached hydrogens (tertiary/aromatic N) is 2. The maximum absolute atomic E-state index is 12.6. The summed E-state index contributed by atoms with van der Waals surface area (Å²) in [7, 11) is 0. The van der Waals surface area contributed by atoms with Crippen LogP contribution in [0.1, 0.15) is 58.3 Å². The first kappa shape index (κ1) is 20.9. The van der Waals surface area contributed by atoms with Crippen LogP contribution in [0, 0.1) is 5.92 Å². The van der Waals surface area contributed by atoms with E-state index in [2.05, 4.69) is 10.6 Å². The van der Waals surface area contributed by atoms with E-state index in [1.807, 2.05) is 16.7 Å². The molecule has 0 unspecified atom stereocenters. The SMILES string of the molecule is CCN(CC(=O)O)C1CC(NC(=O)N[C@H]2CC[C@@H](C(=O)N3CCCCC3)C2)C1. The summed E-state index contributed by atoms with van der Waals surface area (Å²) in [6.07, 6.45) is 7.44. The summed E-state index contributed by atoms with van der Waals surface area (Å²) in [6.45, 7) is 4.47. The lowest BCUT2D eigenvalue weighted by molar-refractivity contribution is -0.139. The van der Waals surface area contributed by atoms with Crippen molar-refractivity contribution < 1.29 is 19.5 Å². The van der Waals surface area contributed by atoms with Crippen LogP contribution in [0.3, 0.4) is 0 Å². The minimum absolute atomic E-state index is 0.0469. The van der Waals surface area contributed by atoms with Gasteiger partial charge in [-0.1, -0.05) is 6.92 Å². The second kappa shape index (κ2) is 9.58. The van der Waals surface area contributed by atoms with E-state index in [0.29, 0.717) is 6.54 Å². The van der Waals surface area contributed by atoms with Gasteiger partial charge in [-0.15, -0.1) is 0 Å². The molecule has 1 heterocycles. The fourth-order valence-electron chi connectivity index (χ4n) is 4.80. The first-order valence-corrected chi connectivity index (χ1v) is 10.8. The maximum atomic E-state index is 12.6. The third kappa shape index (κ3) is 5.37. The summed E-state index contributed by atoms with van der Waals surface area (Å²) in [5, 5.41) is 15.0. The Labute approximate surface area is 167 Å². The van der Waals surface area contributed by atoms with Gasteiger partial charge in [0.2, 0.25) is 5.91 Å². The number of hydrogen-bond acceptors (Lipinski definition) is 4. The topological polar surface area (TPSA) is 102 Å². The van der Waals surface area contributed by atoms with Crippen LogP contribution in [-0.4, -0.2) is 77.1 Å². The highest BCUT2D eigenvalue weighted by Gasteiger charge is 2.36. The predicted octanol–water partition coefficient (Wildman–Crippen LogP) is 1.40. The number of likely N-dealkylation sites (tertiary alicyclic amines) is 1. The average Bonchev–Trinajstić information content (AvgIpc) is 3.11. The standard InChI is InChI=1S/C20H34N4O4/c1-2-23(13-18(25)26)17-11-16(12-17)22-20(28)21-15-7-6-14(10-15)19(27)24-8-4-3-5-9-24/h14-17H,2-13H2,1H3,(H,25,26)(H2,21,22,28)/t14-,15+,16?,17?/m1/s1. The molecular weight excluding hydrogens is 360 g/mol. The van der Waals surface area contributed by atoms with Gasteiger partial charge in [-0.25, -0.2) is 4.79 Å². The number of piperidine rings is 1. The Balaban J connectivity index is 1.35. The lowest BCUT2D eigenvalue weighted by atomic mass is 9.85. The highest BCUT2D eigenvalue weighted by molar-refractivity contribution is 5.80. The summed E-state index contributed by atoms with van der Waals surface area (Å²) in [5.74, 6) is -0.499. The molecule has 2 atom stereocenters. The molecule has 8 heteroatoms. The summed E-state index contributed by atoms with van der Waals surface area (Å²) in [6, 6.07) is 0.221. The molecule has 1 aliphatic heterocycles. The third-order valence-corrected chi connectivity index (χ3v) is 6.49. The molecule has 1 saturated heterocycles. The number of carboxylic acids is 1. The number of urea groups is 1. The van der Waals surface area contributed by atoms with E-state index in [9.17, 15) is 14.4 Å². The molecule has 0 aromatic rings. The van der Waals surface area contributed by atoms with Crippen molar-refractivity contribution >= 4 is 17.9 Å². The summed E-state index contributed by atoms with van der Waals surface area (Å²) < 4.78 is 0. The zero-order chi connectivity index (χ0) is 20.1. The molecule has 3 N–H and O–H groups in total. The van der Waals surface area contributed by atoms with E-state index in [0.717, 1.165) is 58.0 Å². The van der Waals surface area contributed by atoms with E-state index in [4.69, 9.17) is 5.11 Å². The minimum Gasteiger partial charge on any atom is -0.480 e. The highest BCUT2D eigenvalue weighted by Crippen LogP contribution is 2.29. The van der Waals surface area contributed by atoms with Crippen LogP contribution < -0.4 is 10.6 Å². The Morgan fingerprint density at radius 3 is 2.32 bits per heavy atom. The number of carboxylic acid groups (broad SMARTS) is 1. The van der Waals surface area contributed by atoms with Crippen molar-refractivity contribution in [3.8, 4) is 0 Å². The minimum atomic E-state index is -0.814. The van der Waals surface area contributed by atoms with E-state index in [1.54, 1.807) is 0 Å².